The number of hydrogen-bond acceptors (Lipinski definition) is 3. The summed E-state index contributed by atoms with van der Waals surface area (Å²) in [5.74, 6) is 0.660. The largest absolute Gasteiger partial charge is 0.300 e. The lowest BCUT2D eigenvalue weighted by atomic mass is 10.1. The predicted molar refractivity (Wildman–Crippen MR) is 71.2 cm³/mol. The summed E-state index contributed by atoms with van der Waals surface area (Å²) in [6.45, 7) is 3.68. The van der Waals surface area contributed by atoms with Crippen molar-refractivity contribution in [2.75, 3.05) is 0 Å². The van der Waals surface area contributed by atoms with E-state index in [0.717, 1.165) is 17.7 Å². The van der Waals surface area contributed by atoms with Crippen molar-refractivity contribution in [1.82, 2.24) is 9.97 Å². The van der Waals surface area contributed by atoms with Crippen LogP contribution in [0.2, 0.25) is 0 Å². The normalized spacial score (nSPS) is 10.3. The molecule has 0 saturated heterocycles. The molecule has 0 aliphatic rings. The fourth-order valence-corrected chi connectivity index (χ4v) is 1.78. The zero-order chi connectivity index (χ0) is 13.0. The Kier molecular flexibility index (Phi) is 3.82. The molecular formula is C15H16N2O. The van der Waals surface area contributed by atoms with Gasteiger partial charge in [-0.15, -0.1) is 0 Å². The number of aryl methyl sites for hydroxylation is 1. The Morgan fingerprint density at radius 3 is 2.50 bits per heavy atom. The third kappa shape index (κ3) is 3.00. The van der Waals surface area contributed by atoms with Crippen LogP contribution in [0, 0.1) is 0 Å². The molecule has 1 heterocycles. The maximum atomic E-state index is 11.1. The van der Waals surface area contributed by atoms with Gasteiger partial charge >= 0.3 is 0 Å². The van der Waals surface area contributed by atoms with E-state index in [2.05, 4.69) is 41.2 Å². The number of ketones is 1. The van der Waals surface area contributed by atoms with Crippen LogP contribution in [0.25, 0.3) is 11.3 Å². The lowest BCUT2D eigenvalue weighted by Gasteiger charge is -2.04. The molecule has 0 fully saturated rings. The minimum absolute atomic E-state index is 0.0773. The average molecular weight is 240 g/mol. The third-order valence-corrected chi connectivity index (χ3v) is 2.77. The summed E-state index contributed by atoms with van der Waals surface area (Å²) in [5, 5.41) is 0. The molecule has 0 unspecified atom stereocenters. The first-order valence-corrected chi connectivity index (χ1v) is 6.09. The highest BCUT2D eigenvalue weighted by Gasteiger charge is 2.04. The molecule has 0 aliphatic heterocycles. The molecule has 0 amide bonds. The number of carbonyl (C=O) groups excluding carboxylic acids is 1. The zero-order valence-corrected chi connectivity index (χ0v) is 10.7. The molecule has 0 aliphatic carbocycles. The molecule has 0 N–H and O–H groups in total. The Bertz CT molecular complexity index is 547. The van der Waals surface area contributed by atoms with Crippen LogP contribution in [0.3, 0.4) is 0 Å². The Morgan fingerprint density at radius 1 is 1.17 bits per heavy atom. The van der Waals surface area contributed by atoms with Gasteiger partial charge in [0.25, 0.3) is 0 Å². The molecule has 18 heavy (non-hydrogen) atoms. The summed E-state index contributed by atoms with van der Waals surface area (Å²) in [7, 11) is 0. The number of hydrogen-bond donors (Lipinski definition) is 0. The van der Waals surface area contributed by atoms with E-state index in [-0.39, 0.29) is 5.78 Å². The quantitative estimate of drug-likeness (QED) is 0.825. The minimum Gasteiger partial charge on any atom is -0.300 e. The van der Waals surface area contributed by atoms with Crippen molar-refractivity contribution in [2.45, 2.75) is 26.7 Å². The average Bonchev–Trinajstić information content (AvgIpc) is 2.38. The minimum atomic E-state index is 0.0773. The summed E-state index contributed by atoms with van der Waals surface area (Å²) in [5.41, 5.74) is 3.22. The molecule has 0 radical (unpaired) electrons. The molecule has 2 rings (SSSR count). The molecule has 92 valence electrons. The second kappa shape index (κ2) is 5.54. The molecule has 1 aromatic carbocycles. The van der Waals surface area contributed by atoms with Crippen molar-refractivity contribution in [2.24, 2.45) is 0 Å². The lowest BCUT2D eigenvalue weighted by Crippen LogP contribution is -2.02. The Hall–Kier alpha value is -2.03. The van der Waals surface area contributed by atoms with Gasteiger partial charge in [0.2, 0.25) is 0 Å². The summed E-state index contributed by atoms with van der Waals surface area (Å²) in [4.78, 5) is 19.6. The van der Waals surface area contributed by atoms with E-state index >= 15 is 0 Å². The fraction of sp³-hybridized carbons (Fsp3) is 0.267. The summed E-state index contributed by atoms with van der Waals surface area (Å²) in [6.07, 6.45) is 3.02. The number of Topliss-reactive ketones (excluding diaryl/α,β-unsaturated/α-hetero) is 1. The van der Waals surface area contributed by atoms with Gasteiger partial charge in [0, 0.05) is 11.8 Å². The maximum absolute atomic E-state index is 11.1. The van der Waals surface area contributed by atoms with Crippen LogP contribution < -0.4 is 0 Å². The van der Waals surface area contributed by atoms with E-state index in [1.807, 2.05) is 6.07 Å². The molecule has 0 saturated carbocycles. The van der Waals surface area contributed by atoms with Crippen molar-refractivity contribution in [1.29, 1.82) is 0 Å². The Morgan fingerprint density at radius 2 is 1.89 bits per heavy atom. The first-order chi connectivity index (χ1) is 8.69. The van der Waals surface area contributed by atoms with Gasteiger partial charge in [-0.1, -0.05) is 31.2 Å². The SMILES string of the molecule is CCc1ccc(-c2ccnc(CC(C)=O)n2)cc1. The smallest absolute Gasteiger partial charge is 0.137 e. The van der Waals surface area contributed by atoms with Crippen LogP contribution in [-0.4, -0.2) is 15.8 Å². The molecule has 0 bridgehead atoms. The van der Waals surface area contributed by atoms with Gasteiger partial charge in [0.05, 0.1) is 12.1 Å². The van der Waals surface area contributed by atoms with E-state index < -0.39 is 0 Å². The standard InChI is InChI=1S/C15H16N2O/c1-3-12-4-6-13(7-5-12)14-8-9-16-15(17-14)10-11(2)18/h4-9H,3,10H2,1-2H3. The topological polar surface area (TPSA) is 42.9 Å². The second-order valence-corrected chi connectivity index (χ2v) is 4.29. The van der Waals surface area contributed by atoms with E-state index in [1.54, 1.807) is 13.1 Å². The van der Waals surface area contributed by atoms with Crippen LogP contribution in [0.1, 0.15) is 25.2 Å². The van der Waals surface area contributed by atoms with E-state index in [0.29, 0.717) is 12.2 Å². The van der Waals surface area contributed by atoms with Crippen molar-refractivity contribution < 1.29 is 4.79 Å². The number of aromatic nitrogens is 2. The molecule has 0 spiro atoms. The second-order valence-electron chi connectivity index (χ2n) is 4.29. The third-order valence-electron chi connectivity index (χ3n) is 2.77. The van der Waals surface area contributed by atoms with E-state index in [9.17, 15) is 4.79 Å². The van der Waals surface area contributed by atoms with Crippen molar-refractivity contribution >= 4 is 5.78 Å². The monoisotopic (exact) mass is 240 g/mol. The Labute approximate surface area is 107 Å². The summed E-state index contributed by atoms with van der Waals surface area (Å²) < 4.78 is 0. The van der Waals surface area contributed by atoms with Crippen molar-refractivity contribution in [3.05, 3.63) is 47.9 Å². The lowest BCUT2D eigenvalue weighted by molar-refractivity contribution is -0.116. The molecule has 1 aromatic heterocycles. The highest BCUT2D eigenvalue weighted by atomic mass is 16.1. The van der Waals surface area contributed by atoms with Gasteiger partial charge in [-0.3, -0.25) is 4.79 Å². The van der Waals surface area contributed by atoms with Crippen molar-refractivity contribution in [3.8, 4) is 11.3 Å². The van der Waals surface area contributed by atoms with Gasteiger partial charge in [-0.2, -0.15) is 0 Å². The fourth-order valence-electron chi connectivity index (χ4n) is 1.78. The van der Waals surface area contributed by atoms with Crippen molar-refractivity contribution in [3.63, 3.8) is 0 Å². The van der Waals surface area contributed by atoms with Gasteiger partial charge in [-0.25, -0.2) is 9.97 Å². The molecule has 3 heteroatoms. The van der Waals surface area contributed by atoms with Crippen LogP contribution in [-0.2, 0) is 17.6 Å². The van der Waals surface area contributed by atoms with Crippen LogP contribution in [0.5, 0.6) is 0 Å². The highest BCUT2D eigenvalue weighted by molar-refractivity contribution is 5.77. The molecule has 3 nitrogen and oxygen atoms in total. The van der Waals surface area contributed by atoms with E-state index in [1.165, 1.54) is 5.56 Å². The maximum Gasteiger partial charge on any atom is 0.137 e. The van der Waals surface area contributed by atoms with Crippen LogP contribution >= 0.6 is 0 Å². The molecule has 2 aromatic rings. The number of carbonyl (C=O) groups is 1. The Balaban J connectivity index is 2.29. The van der Waals surface area contributed by atoms with Crippen LogP contribution in [0.15, 0.2) is 36.5 Å². The molecular weight excluding hydrogens is 224 g/mol. The number of rotatable bonds is 4. The molecule has 0 atom stereocenters. The first kappa shape index (κ1) is 12.4. The predicted octanol–water partition coefficient (Wildman–Crippen LogP) is 2.84. The number of benzene rings is 1. The zero-order valence-electron chi connectivity index (χ0n) is 10.7. The van der Waals surface area contributed by atoms with Crippen LogP contribution in [0.4, 0.5) is 0 Å². The van der Waals surface area contributed by atoms with E-state index in [4.69, 9.17) is 0 Å². The number of nitrogens with zero attached hydrogens (tertiary/aromatic N) is 2. The van der Waals surface area contributed by atoms with Gasteiger partial charge < -0.3 is 0 Å². The summed E-state index contributed by atoms with van der Waals surface area (Å²) >= 11 is 0. The first-order valence-electron chi connectivity index (χ1n) is 6.09. The summed E-state index contributed by atoms with van der Waals surface area (Å²) in [6, 6.07) is 10.2. The van der Waals surface area contributed by atoms with Gasteiger partial charge in [-0.05, 0) is 25.0 Å². The van der Waals surface area contributed by atoms with Gasteiger partial charge in [0.1, 0.15) is 11.6 Å². The van der Waals surface area contributed by atoms with Gasteiger partial charge in [0.15, 0.2) is 0 Å². The highest BCUT2D eigenvalue weighted by Crippen LogP contribution is 2.17.